The summed E-state index contributed by atoms with van der Waals surface area (Å²) in [6.07, 6.45) is 0. The van der Waals surface area contributed by atoms with E-state index in [0.717, 1.165) is 5.56 Å². The molecule has 0 unspecified atom stereocenters. The van der Waals surface area contributed by atoms with Crippen LogP contribution in [0.1, 0.15) is 5.56 Å². The van der Waals surface area contributed by atoms with Crippen LogP contribution in [0.25, 0.3) is 0 Å². The summed E-state index contributed by atoms with van der Waals surface area (Å²) >= 11 is 5.91. The molecule has 20 heavy (non-hydrogen) atoms. The Hall–Kier alpha value is -2.07. The van der Waals surface area contributed by atoms with Gasteiger partial charge in [0.1, 0.15) is 12.4 Å². The van der Waals surface area contributed by atoms with Gasteiger partial charge in [0.05, 0.1) is 19.9 Å². The van der Waals surface area contributed by atoms with E-state index in [-0.39, 0.29) is 0 Å². The summed E-state index contributed by atoms with van der Waals surface area (Å²) in [5.74, 6) is 1.90. The van der Waals surface area contributed by atoms with Crippen LogP contribution in [0.15, 0.2) is 36.4 Å². The van der Waals surface area contributed by atoms with E-state index in [1.807, 2.05) is 18.2 Å². The van der Waals surface area contributed by atoms with Gasteiger partial charge in [-0.3, -0.25) is 0 Å². The molecular formula is C15H16ClNO3. The number of benzene rings is 2. The highest BCUT2D eigenvalue weighted by molar-refractivity contribution is 6.30. The maximum absolute atomic E-state index is 5.91. The van der Waals surface area contributed by atoms with Gasteiger partial charge in [-0.05, 0) is 29.8 Å². The molecule has 0 radical (unpaired) electrons. The van der Waals surface area contributed by atoms with Gasteiger partial charge in [0.2, 0.25) is 0 Å². The van der Waals surface area contributed by atoms with Gasteiger partial charge >= 0.3 is 0 Å². The number of nitrogens with two attached hydrogens (primary N) is 1. The van der Waals surface area contributed by atoms with Crippen molar-refractivity contribution in [3.8, 4) is 17.2 Å². The Morgan fingerprint density at radius 2 is 1.70 bits per heavy atom. The van der Waals surface area contributed by atoms with Gasteiger partial charge in [0.15, 0.2) is 11.5 Å². The fourth-order valence-electron chi connectivity index (χ4n) is 1.76. The quantitative estimate of drug-likeness (QED) is 0.857. The van der Waals surface area contributed by atoms with Crippen molar-refractivity contribution in [1.29, 1.82) is 0 Å². The van der Waals surface area contributed by atoms with Crippen LogP contribution in [0.3, 0.4) is 0 Å². The number of anilines is 1. The first-order chi connectivity index (χ1) is 9.63. The van der Waals surface area contributed by atoms with Crippen molar-refractivity contribution in [3.63, 3.8) is 0 Å². The molecule has 2 N–H and O–H groups in total. The maximum Gasteiger partial charge on any atom is 0.161 e. The van der Waals surface area contributed by atoms with Crippen molar-refractivity contribution in [2.75, 3.05) is 20.0 Å². The van der Waals surface area contributed by atoms with E-state index in [4.69, 9.17) is 31.5 Å². The zero-order valence-electron chi connectivity index (χ0n) is 11.4. The number of halogens is 1. The van der Waals surface area contributed by atoms with Crippen LogP contribution >= 0.6 is 11.6 Å². The van der Waals surface area contributed by atoms with Crippen molar-refractivity contribution < 1.29 is 14.2 Å². The Kier molecular flexibility index (Phi) is 4.58. The second-order valence-electron chi connectivity index (χ2n) is 4.16. The van der Waals surface area contributed by atoms with E-state index in [1.54, 1.807) is 32.4 Å². The summed E-state index contributed by atoms with van der Waals surface area (Å²) in [4.78, 5) is 0. The Morgan fingerprint density at radius 3 is 2.40 bits per heavy atom. The monoisotopic (exact) mass is 293 g/mol. The second kappa shape index (κ2) is 6.39. The minimum Gasteiger partial charge on any atom is -0.493 e. The topological polar surface area (TPSA) is 53.7 Å². The number of nitrogen functional groups attached to an aromatic ring is 1. The molecule has 5 heteroatoms. The molecular weight excluding hydrogens is 278 g/mol. The molecule has 0 saturated heterocycles. The van der Waals surface area contributed by atoms with Gasteiger partial charge < -0.3 is 19.9 Å². The van der Waals surface area contributed by atoms with Crippen molar-refractivity contribution in [2.24, 2.45) is 0 Å². The first-order valence-corrected chi connectivity index (χ1v) is 6.40. The lowest BCUT2D eigenvalue weighted by molar-refractivity contribution is 0.305. The Labute approximate surface area is 123 Å². The first-order valence-electron chi connectivity index (χ1n) is 6.02. The lowest BCUT2D eigenvalue weighted by Crippen LogP contribution is -2.00. The van der Waals surface area contributed by atoms with Crippen LogP contribution < -0.4 is 19.9 Å². The number of rotatable bonds is 5. The highest BCUT2D eigenvalue weighted by Gasteiger charge is 2.06. The summed E-state index contributed by atoms with van der Waals surface area (Å²) in [5.41, 5.74) is 7.32. The molecule has 2 rings (SSSR count). The fourth-order valence-corrected chi connectivity index (χ4v) is 1.93. The van der Waals surface area contributed by atoms with Crippen LogP contribution in [0, 0.1) is 0 Å². The van der Waals surface area contributed by atoms with Crippen LogP contribution in [-0.2, 0) is 6.61 Å². The highest BCUT2D eigenvalue weighted by Crippen LogP contribution is 2.29. The van der Waals surface area contributed by atoms with Gasteiger partial charge in [0, 0.05) is 11.1 Å². The molecule has 0 aliphatic carbocycles. The summed E-state index contributed by atoms with van der Waals surface area (Å²) in [6, 6.07) is 10.7. The first kappa shape index (κ1) is 14.3. The zero-order valence-corrected chi connectivity index (χ0v) is 12.1. The van der Waals surface area contributed by atoms with Gasteiger partial charge in [-0.1, -0.05) is 17.7 Å². The lowest BCUT2D eigenvalue weighted by atomic mass is 10.2. The molecule has 4 nitrogen and oxygen atoms in total. The predicted octanol–water partition coefficient (Wildman–Crippen LogP) is 3.52. The van der Waals surface area contributed by atoms with Gasteiger partial charge in [-0.25, -0.2) is 0 Å². The number of ether oxygens (including phenoxy) is 3. The molecule has 0 fully saturated rings. The summed E-state index contributed by atoms with van der Waals surface area (Å²) in [6.45, 7) is 0.366. The molecule has 0 heterocycles. The van der Waals surface area contributed by atoms with E-state index >= 15 is 0 Å². The molecule has 2 aromatic carbocycles. The molecule has 0 atom stereocenters. The van der Waals surface area contributed by atoms with E-state index in [1.165, 1.54) is 0 Å². The summed E-state index contributed by atoms with van der Waals surface area (Å²) in [5, 5.41) is 0.585. The minimum atomic E-state index is 0.366. The Morgan fingerprint density at radius 1 is 0.950 bits per heavy atom. The molecule has 106 valence electrons. The van der Waals surface area contributed by atoms with E-state index in [2.05, 4.69) is 0 Å². The third-order valence-electron chi connectivity index (χ3n) is 2.82. The summed E-state index contributed by atoms with van der Waals surface area (Å²) < 4.78 is 16.1. The largest absolute Gasteiger partial charge is 0.493 e. The van der Waals surface area contributed by atoms with E-state index in [9.17, 15) is 0 Å². The number of hydrogen-bond acceptors (Lipinski definition) is 4. The van der Waals surface area contributed by atoms with E-state index in [0.29, 0.717) is 34.6 Å². The van der Waals surface area contributed by atoms with Crippen molar-refractivity contribution in [1.82, 2.24) is 0 Å². The molecule has 0 amide bonds. The average Bonchev–Trinajstić information content (AvgIpc) is 2.47. The third kappa shape index (κ3) is 3.27. The minimum absolute atomic E-state index is 0.366. The standard InChI is InChI=1S/C15H16ClNO3/c1-18-13-6-3-10(7-15(13)19-2)9-20-14-8-11(16)4-5-12(14)17/h3-8H,9,17H2,1-2H3. The van der Waals surface area contributed by atoms with Crippen molar-refractivity contribution >= 4 is 17.3 Å². The highest BCUT2D eigenvalue weighted by atomic mass is 35.5. The number of hydrogen-bond donors (Lipinski definition) is 1. The van der Waals surface area contributed by atoms with Crippen molar-refractivity contribution in [2.45, 2.75) is 6.61 Å². The van der Waals surface area contributed by atoms with Gasteiger partial charge in [-0.2, -0.15) is 0 Å². The second-order valence-corrected chi connectivity index (χ2v) is 4.60. The third-order valence-corrected chi connectivity index (χ3v) is 3.05. The van der Waals surface area contributed by atoms with Gasteiger partial charge in [-0.15, -0.1) is 0 Å². The molecule has 0 aliphatic heterocycles. The van der Waals surface area contributed by atoms with Crippen LogP contribution in [0.4, 0.5) is 5.69 Å². The molecule has 2 aromatic rings. The molecule has 0 spiro atoms. The summed E-state index contributed by atoms with van der Waals surface area (Å²) in [7, 11) is 3.19. The SMILES string of the molecule is COc1ccc(COc2cc(Cl)ccc2N)cc1OC. The Bertz CT molecular complexity index is 602. The molecule has 0 bridgehead atoms. The smallest absolute Gasteiger partial charge is 0.161 e. The lowest BCUT2D eigenvalue weighted by Gasteiger charge is -2.12. The Balaban J connectivity index is 2.12. The maximum atomic E-state index is 5.91. The predicted molar refractivity (Wildman–Crippen MR) is 79.7 cm³/mol. The number of methoxy groups -OCH3 is 2. The van der Waals surface area contributed by atoms with Crippen LogP contribution in [0.5, 0.6) is 17.2 Å². The fraction of sp³-hybridized carbons (Fsp3) is 0.200. The van der Waals surface area contributed by atoms with Gasteiger partial charge in [0.25, 0.3) is 0 Å². The van der Waals surface area contributed by atoms with Crippen LogP contribution in [-0.4, -0.2) is 14.2 Å². The van der Waals surface area contributed by atoms with Crippen LogP contribution in [0.2, 0.25) is 5.02 Å². The molecule has 0 aromatic heterocycles. The van der Waals surface area contributed by atoms with E-state index < -0.39 is 0 Å². The molecule has 0 aliphatic rings. The van der Waals surface area contributed by atoms with Crippen molar-refractivity contribution in [3.05, 3.63) is 47.0 Å². The molecule has 0 saturated carbocycles. The normalized spacial score (nSPS) is 10.2. The zero-order chi connectivity index (χ0) is 14.5. The average molecular weight is 294 g/mol.